The molecular weight excluding hydrogens is 264 g/mol. The second kappa shape index (κ2) is 6.15. The minimum atomic E-state index is -0.184. The molecule has 0 radical (unpaired) electrons. The predicted molar refractivity (Wildman–Crippen MR) is 82.2 cm³/mol. The summed E-state index contributed by atoms with van der Waals surface area (Å²) in [5.41, 5.74) is 0. The molecule has 0 aromatic carbocycles. The van der Waals surface area contributed by atoms with Gasteiger partial charge in [0, 0.05) is 25.4 Å². The van der Waals surface area contributed by atoms with Crippen molar-refractivity contribution in [3.05, 3.63) is 0 Å². The average molecular weight is 294 g/mol. The van der Waals surface area contributed by atoms with Gasteiger partial charge in [0.2, 0.25) is 0 Å². The molecule has 4 aliphatic rings. The zero-order valence-corrected chi connectivity index (χ0v) is 13.2. The number of nitrogens with zero attached hydrogens (tertiary/aromatic N) is 1. The van der Waals surface area contributed by atoms with E-state index in [-0.39, 0.29) is 5.79 Å². The highest BCUT2D eigenvalue weighted by molar-refractivity contribution is 4.88. The minimum Gasteiger partial charge on any atom is -0.347 e. The molecule has 3 saturated heterocycles. The lowest BCUT2D eigenvalue weighted by Gasteiger charge is -2.35. The topological polar surface area (TPSA) is 33.7 Å². The molecule has 1 N–H and O–H groups in total. The zero-order chi connectivity index (χ0) is 14.1. The molecule has 0 bridgehead atoms. The van der Waals surface area contributed by atoms with Crippen molar-refractivity contribution in [2.75, 3.05) is 32.8 Å². The van der Waals surface area contributed by atoms with Crippen LogP contribution in [0, 0.1) is 5.92 Å². The summed E-state index contributed by atoms with van der Waals surface area (Å²) in [6, 6.07) is 0.806. The Hall–Kier alpha value is -0.160. The number of hydrogen-bond acceptors (Lipinski definition) is 4. The Morgan fingerprint density at radius 2 is 1.86 bits per heavy atom. The van der Waals surface area contributed by atoms with Crippen LogP contribution in [0.2, 0.25) is 0 Å². The number of likely N-dealkylation sites (tertiary alicyclic amines) is 1. The van der Waals surface area contributed by atoms with E-state index in [9.17, 15) is 0 Å². The maximum absolute atomic E-state index is 6.26. The number of ether oxygens (including phenoxy) is 2. The smallest absolute Gasteiger partial charge is 0.168 e. The standard InChI is InChI=1S/C17H30N2O2/c1-2-8-17(7-1)20-13-15(21-17)12-19-10-5-14(6-11-19)16-4-3-9-18-16/h14-16,18H,1-13H2. The average Bonchev–Trinajstić information content (AvgIpc) is 3.25. The third-order valence-corrected chi connectivity index (χ3v) is 6.04. The molecule has 120 valence electrons. The highest BCUT2D eigenvalue weighted by Crippen LogP contribution is 2.39. The normalized spacial score (nSPS) is 37.7. The van der Waals surface area contributed by atoms with Gasteiger partial charge in [0.15, 0.2) is 5.79 Å². The molecule has 0 aromatic heterocycles. The van der Waals surface area contributed by atoms with Crippen LogP contribution < -0.4 is 5.32 Å². The van der Waals surface area contributed by atoms with E-state index in [4.69, 9.17) is 9.47 Å². The molecule has 1 saturated carbocycles. The second-order valence-electron chi connectivity index (χ2n) is 7.51. The molecule has 4 nitrogen and oxygen atoms in total. The molecule has 4 heteroatoms. The highest BCUT2D eigenvalue weighted by Gasteiger charge is 2.44. The van der Waals surface area contributed by atoms with Gasteiger partial charge in [-0.3, -0.25) is 0 Å². The van der Waals surface area contributed by atoms with Crippen molar-refractivity contribution in [2.24, 2.45) is 5.92 Å². The first-order valence-corrected chi connectivity index (χ1v) is 9.11. The Balaban J connectivity index is 1.22. The van der Waals surface area contributed by atoms with E-state index >= 15 is 0 Å². The van der Waals surface area contributed by atoms with Crippen LogP contribution >= 0.6 is 0 Å². The summed E-state index contributed by atoms with van der Waals surface area (Å²) >= 11 is 0. The lowest BCUT2D eigenvalue weighted by Crippen LogP contribution is -2.44. The maximum Gasteiger partial charge on any atom is 0.168 e. The van der Waals surface area contributed by atoms with Gasteiger partial charge in [0.25, 0.3) is 0 Å². The van der Waals surface area contributed by atoms with E-state index in [0.29, 0.717) is 6.10 Å². The van der Waals surface area contributed by atoms with Crippen molar-refractivity contribution in [3.8, 4) is 0 Å². The molecule has 1 aliphatic carbocycles. The van der Waals surface area contributed by atoms with Gasteiger partial charge in [-0.1, -0.05) is 0 Å². The number of nitrogens with one attached hydrogen (secondary N) is 1. The Bertz CT molecular complexity index is 343. The van der Waals surface area contributed by atoms with E-state index < -0.39 is 0 Å². The highest BCUT2D eigenvalue weighted by atomic mass is 16.7. The number of piperidine rings is 1. The van der Waals surface area contributed by atoms with E-state index in [1.165, 1.54) is 58.2 Å². The molecule has 3 heterocycles. The lowest BCUT2D eigenvalue weighted by atomic mass is 9.88. The molecule has 2 atom stereocenters. The first kappa shape index (κ1) is 14.4. The zero-order valence-electron chi connectivity index (χ0n) is 13.2. The van der Waals surface area contributed by atoms with E-state index in [0.717, 1.165) is 38.0 Å². The molecule has 3 aliphatic heterocycles. The third kappa shape index (κ3) is 3.14. The molecule has 0 amide bonds. The van der Waals surface area contributed by atoms with Crippen molar-refractivity contribution >= 4 is 0 Å². The quantitative estimate of drug-likeness (QED) is 0.864. The monoisotopic (exact) mass is 294 g/mol. The van der Waals surface area contributed by atoms with Crippen LogP contribution in [0.3, 0.4) is 0 Å². The van der Waals surface area contributed by atoms with Crippen LogP contribution in [-0.2, 0) is 9.47 Å². The molecule has 4 rings (SSSR count). The van der Waals surface area contributed by atoms with Crippen LogP contribution in [0.15, 0.2) is 0 Å². The number of hydrogen-bond donors (Lipinski definition) is 1. The maximum atomic E-state index is 6.26. The summed E-state index contributed by atoms with van der Waals surface area (Å²) in [4.78, 5) is 2.60. The fraction of sp³-hybridized carbons (Fsp3) is 1.00. The fourth-order valence-electron chi connectivity index (χ4n) is 4.82. The van der Waals surface area contributed by atoms with Gasteiger partial charge in [0.05, 0.1) is 12.7 Å². The van der Waals surface area contributed by atoms with Crippen molar-refractivity contribution in [3.63, 3.8) is 0 Å². The summed E-state index contributed by atoms with van der Waals surface area (Å²) in [7, 11) is 0. The largest absolute Gasteiger partial charge is 0.347 e. The van der Waals surface area contributed by atoms with Gasteiger partial charge in [-0.2, -0.15) is 0 Å². The van der Waals surface area contributed by atoms with Gasteiger partial charge in [-0.05, 0) is 64.1 Å². The van der Waals surface area contributed by atoms with Gasteiger partial charge >= 0.3 is 0 Å². The summed E-state index contributed by atoms with van der Waals surface area (Å²) in [6.07, 6.45) is 10.6. The molecule has 21 heavy (non-hydrogen) atoms. The summed E-state index contributed by atoms with van der Waals surface area (Å²) in [5.74, 6) is 0.724. The van der Waals surface area contributed by atoms with Gasteiger partial charge in [-0.25, -0.2) is 0 Å². The third-order valence-electron chi connectivity index (χ3n) is 6.04. The van der Waals surface area contributed by atoms with E-state index in [1.54, 1.807) is 0 Å². The molecular formula is C17H30N2O2. The van der Waals surface area contributed by atoms with Crippen LogP contribution in [0.5, 0.6) is 0 Å². The lowest BCUT2D eigenvalue weighted by molar-refractivity contribution is -0.163. The minimum absolute atomic E-state index is 0.184. The van der Waals surface area contributed by atoms with Crippen molar-refractivity contribution in [1.82, 2.24) is 10.2 Å². The molecule has 1 spiro atoms. The van der Waals surface area contributed by atoms with Gasteiger partial charge in [-0.15, -0.1) is 0 Å². The molecule has 0 aromatic rings. The summed E-state index contributed by atoms with van der Waals surface area (Å²) in [5, 5.41) is 3.68. The summed E-state index contributed by atoms with van der Waals surface area (Å²) < 4.78 is 12.3. The van der Waals surface area contributed by atoms with Crippen LogP contribution in [0.4, 0.5) is 0 Å². The van der Waals surface area contributed by atoms with Gasteiger partial charge in [0.1, 0.15) is 0 Å². The van der Waals surface area contributed by atoms with E-state index in [2.05, 4.69) is 10.2 Å². The van der Waals surface area contributed by atoms with Crippen molar-refractivity contribution < 1.29 is 9.47 Å². The van der Waals surface area contributed by atoms with Crippen LogP contribution in [0.1, 0.15) is 51.4 Å². The molecule has 4 fully saturated rings. The van der Waals surface area contributed by atoms with Gasteiger partial charge < -0.3 is 19.7 Å². The Morgan fingerprint density at radius 3 is 2.57 bits per heavy atom. The predicted octanol–water partition coefficient (Wildman–Crippen LogP) is 2.14. The SMILES string of the molecule is C1CNC(C2CCN(CC3COC4(CCCC4)O3)CC2)C1. The Kier molecular flexibility index (Phi) is 4.23. The van der Waals surface area contributed by atoms with Crippen molar-refractivity contribution in [1.29, 1.82) is 0 Å². The van der Waals surface area contributed by atoms with Crippen molar-refractivity contribution in [2.45, 2.75) is 69.3 Å². The first-order chi connectivity index (χ1) is 10.3. The Morgan fingerprint density at radius 1 is 1.05 bits per heavy atom. The molecule has 2 unspecified atom stereocenters. The van der Waals surface area contributed by atoms with E-state index in [1.807, 2.05) is 0 Å². The number of rotatable bonds is 3. The Labute approximate surface area is 128 Å². The first-order valence-electron chi connectivity index (χ1n) is 9.11. The second-order valence-corrected chi connectivity index (χ2v) is 7.51. The van der Waals surface area contributed by atoms with Crippen LogP contribution in [0.25, 0.3) is 0 Å². The fourth-order valence-corrected chi connectivity index (χ4v) is 4.82. The van der Waals surface area contributed by atoms with Crippen LogP contribution in [-0.4, -0.2) is 55.6 Å². The summed E-state index contributed by atoms with van der Waals surface area (Å²) in [6.45, 7) is 5.61.